The van der Waals surface area contributed by atoms with Gasteiger partial charge in [-0.3, -0.25) is 0 Å². The molecule has 2 aromatic rings. The fourth-order valence-electron chi connectivity index (χ4n) is 2.03. The third-order valence-corrected chi connectivity index (χ3v) is 4.88. The number of para-hydroxylation sites is 2. The molecule has 0 bridgehead atoms. The lowest BCUT2D eigenvalue weighted by Crippen LogP contribution is -2.26. The highest BCUT2D eigenvalue weighted by Gasteiger charge is 2.30. The average Bonchev–Trinajstić information content (AvgIpc) is 2.35. The van der Waals surface area contributed by atoms with Gasteiger partial charge >= 0.3 is 5.71 Å². The fraction of sp³-hybridized carbons (Fsp3) is 0. The quantitative estimate of drug-likeness (QED) is 0.757. The van der Waals surface area contributed by atoms with Crippen LogP contribution < -0.4 is 15.9 Å². The molecule has 0 saturated heterocycles. The molecule has 4 heteroatoms. The van der Waals surface area contributed by atoms with E-state index in [2.05, 4.69) is 5.32 Å². The van der Waals surface area contributed by atoms with Crippen molar-refractivity contribution in [2.75, 3.05) is 5.32 Å². The Morgan fingerprint density at radius 1 is 0.941 bits per heavy atom. The van der Waals surface area contributed by atoms with Crippen LogP contribution in [0.5, 0.6) is 0 Å². The standard InChI is InChI=1S/C13H10NO2P/c15-13(16)17-11-7-3-1-5-9(11)14-10-6-2-4-8-12(10)17/h1-8,14H,(H,15,16). The van der Waals surface area contributed by atoms with Gasteiger partial charge < -0.3 is 10.4 Å². The van der Waals surface area contributed by atoms with E-state index in [0.717, 1.165) is 22.0 Å². The zero-order valence-corrected chi connectivity index (χ0v) is 9.82. The summed E-state index contributed by atoms with van der Waals surface area (Å²) >= 11 is 0. The molecule has 1 aliphatic rings. The summed E-state index contributed by atoms with van der Waals surface area (Å²) in [5, 5.41) is 14.5. The number of hydrogen-bond donors (Lipinski definition) is 2. The predicted octanol–water partition coefficient (Wildman–Crippen LogP) is 2.85. The average molecular weight is 243 g/mol. The molecule has 2 N–H and O–H groups in total. The smallest absolute Gasteiger partial charge is 0.333 e. The van der Waals surface area contributed by atoms with Gasteiger partial charge in [-0.15, -0.1) is 0 Å². The highest BCUT2D eigenvalue weighted by molar-refractivity contribution is 7.87. The molecule has 0 spiro atoms. The molecule has 2 aromatic carbocycles. The number of fused-ring (bicyclic) bond motifs is 2. The number of benzene rings is 2. The zero-order valence-electron chi connectivity index (χ0n) is 8.92. The van der Waals surface area contributed by atoms with Crippen molar-refractivity contribution in [3.05, 3.63) is 48.5 Å². The maximum atomic E-state index is 11.5. The van der Waals surface area contributed by atoms with Crippen LogP contribution in [0.2, 0.25) is 0 Å². The van der Waals surface area contributed by atoms with Crippen LogP contribution in [0, 0.1) is 0 Å². The van der Waals surface area contributed by atoms with Crippen molar-refractivity contribution in [3.63, 3.8) is 0 Å². The van der Waals surface area contributed by atoms with Crippen molar-refractivity contribution < 1.29 is 9.90 Å². The van der Waals surface area contributed by atoms with E-state index < -0.39 is 13.6 Å². The monoisotopic (exact) mass is 243 g/mol. The maximum Gasteiger partial charge on any atom is 0.333 e. The molecule has 0 fully saturated rings. The fourth-order valence-corrected chi connectivity index (χ4v) is 3.91. The molecule has 1 heterocycles. The number of anilines is 2. The molecular formula is C13H10NO2P. The molecule has 3 nitrogen and oxygen atoms in total. The Hall–Kier alpha value is -1.86. The number of nitrogens with one attached hydrogen (secondary N) is 1. The molecule has 0 saturated carbocycles. The van der Waals surface area contributed by atoms with E-state index in [4.69, 9.17) is 0 Å². The van der Waals surface area contributed by atoms with Crippen LogP contribution in [-0.4, -0.2) is 10.8 Å². The lowest BCUT2D eigenvalue weighted by molar-refractivity contribution is 0.221. The Morgan fingerprint density at radius 3 is 1.88 bits per heavy atom. The van der Waals surface area contributed by atoms with Crippen molar-refractivity contribution in [2.24, 2.45) is 0 Å². The Labute approximate surface area is 99.9 Å². The van der Waals surface area contributed by atoms with Crippen LogP contribution in [0.3, 0.4) is 0 Å². The minimum absolute atomic E-state index is 0.749. The van der Waals surface area contributed by atoms with Crippen molar-refractivity contribution >= 4 is 35.6 Å². The van der Waals surface area contributed by atoms with E-state index in [-0.39, 0.29) is 0 Å². The van der Waals surface area contributed by atoms with E-state index in [1.165, 1.54) is 0 Å². The molecule has 0 aliphatic carbocycles. The first-order valence-electron chi connectivity index (χ1n) is 5.25. The summed E-state index contributed by atoms with van der Waals surface area (Å²) in [7, 11) is -1.31. The summed E-state index contributed by atoms with van der Waals surface area (Å²) in [4.78, 5) is 11.5. The SMILES string of the molecule is O=C(O)P1c2ccccc2Nc2ccccc21. The largest absolute Gasteiger partial charge is 0.478 e. The summed E-state index contributed by atoms with van der Waals surface area (Å²) in [5.74, 6) is 0. The summed E-state index contributed by atoms with van der Waals surface area (Å²) in [6, 6.07) is 15.2. The highest BCUT2D eigenvalue weighted by atomic mass is 31.1. The van der Waals surface area contributed by atoms with Gasteiger partial charge in [0.15, 0.2) is 0 Å². The Morgan fingerprint density at radius 2 is 1.41 bits per heavy atom. The number of hydrogen-bond acceptors (Lipinski definition) is 2. The molecule has 1 aliphatic heterocycles. The second-order valence-electron chi connectivity index (χ2n) is 3.78. The van der Waals surface area contributed by atoms with Gasteiger partial charge in [0, 0.05) is 22.0 Å². The first kappa shape index (κ1) is 10.3. The molecule has 0 atom stereocenters. The topological polar surface area (TPSA) is 49.3 Å². The van der Waals surface area contributed by atoms with Gasteiger partial charge in [0.1, 0.15) is 0 Å². The molecular weight excluding hydrogens is 233 g/mol. The van der Waals surface area contributed by atoms with E-state index in [0.29, 0.717) is 0 Å². The normalized spacial score (nSPS) is 13.4. The molecule has 0 unspecified atom stereocenters. The van der Waals surface area contributed by atoms with Crippen LogP contribution in [0.4, 0.5) is 16.2 Å². The molecule has 17 heavy (non-hydrogen) atoms. The van der Waals surface area contributed by atoms with Crippen molar-refractivity contribution in [1.82, 2.24) is 0 Å². The molecule has 0 aromatic heterocycles. The second-order valence-corrected chi connectivity index (χ2v) is 5.79. The summed E-state index contributed by atoms with van der Waals surface area (Å²) in [6.07, 6.45) is 0. The molecule has 0 radical (unpaired) electrons. The van der Waals surface area contributed by atoms with Gasteiger partial charge in [-0.25, -0.2) is 4.79 Å². The predicted molar refractivity (Wildman–Crippen MR) is 70.4 cm³/mol. The van der Waals surface area contributed by atoms with Crippen molar-refractivity contribution in [2.45, 2.75) is 0 Å². The number of carboxylic acid groups (broad SMARTS) is 1. The minimum Gasteiger partial charge on any atom is -0.478 e. The van der Waals surface area contributed by atoms with Crippen LogP contribution in [-0.2, 0) is 0 Å². The maximum absolute atomic E-state index is 11.5. The molecule has 0 amide bonds. The lowest BCUT2D eigenvalue weighted by atomic mass is 10.2. The van der Waals surface area contributed by atoms with Crippen LogP contribution in [0.1, 0.15) is 0 Å². The van der Waals surface area contributed by atoms with Crippen LogP contribution in [0.25, 0.3) is 0 Å². The third kappa shape index (κ3) is 1.60. The van der Waals surface area contributed by atoms with Gasteiger partial charge in [-0.2, -0.15) is 0 Å². The van der Waals surface area contributed by atoms with Gasteiger partial charge in [-0.1, -0.05) is 36.4 Å². The molecule has 84 valence electrons. The minimum atomic E-state index is -1.31. The van der Waals surface area contributed by atoms with E-state index in [1.54, 1.807) is 0 Å². The number of carbonyl (C=O) groups is 1. The third-order valence-electron chi connectivity index (χ3n) is 2.75. The Kier molecular flexibility index (Phi) is 2.34. The summed E-state index contributed by atoms with van der Waals surface area (Å²) in [6.45, 7) is 0. The van der Waals surface area contributed by atoms with Gasteiger partial charge in [0.25, 0.3) is 0 Å². The first-order chi connectivity index (χ1) is 8.27. The summed E-state index contributed by atoms with van der Waals surface area (Å²) < 4.78 is 0. The highest BCUT2D eigenvalue weighted by Crippen LogP contribution is 2.43. The Bertz CT molecular complexity index is 552. The van der Waals surface area contributed by atoms with E-state index in [9.17, 15) is 9.90 Å². The second kappa shape index (κ2) is 3.86. The lowest BCUT2D eigenvalue weighted by Gasteiger charge is -2.26. The van der Waals surface area contributed by atoms with E-state index in [1.807, 2.05) is 48.5 Å². The molecule has 3 rings (SSSR count). The summed E-state index contributed by atoms with van der Waals surface area (Å²) in [5.41, 5.74) is 1.06. The van der Waals surface area contributed by atoms with Gasteiger partial charge in [0.05, 0.1) is 7.92 Å². The van der Waals surface area contributed by atoms with Crippen LogP contribution >= 0.6 is 7.92 Å². The van der Waals surface area contributed by atoms with Gasteiger partial charge in [0.2, 0.25) is 0 Å². The van der Waals surface area contributed by atoms with Crippen molar-refractivity contribution in [1.29, 1.82) is 0 Å². The number of rotatable bonds is 1. The van der Waals surface area contributed by atoms with Crippen molar-refractivity contribution in [3.8, 4) is 0 Å². The van der Waals surface area contributed by atoms with E-state index >= 15 is 0 Å². The first-order valence-corrected chi connectivity index (χ1v) is 6.59. The van der Waals surface area contributed by atoms with Crippen LogP contribution in [0.15, 0.2) is 48.5 Å². The Balaban J connectivity index is 2.24. The zero-order chi connectivity index (χ0) is 11.8. The van der Waals surface area contributed by atoms with Gasteiger partial charge in [-0.05, 0) is 12.1 Å².